The SMILES string of the molecule is CC(C)(NC(=O)C(F)(F)F)C1CCN(Sc2ccc(Cl)cc2S(=O)(=O)c2ccccc2F)CC1. The van der Waals surface area contributed by atoms with Crippen molar-refractivity contribution in [3.63, 3.8) is 0 Å². The van der Waals surface area contributed by atoms with Crippen LogP contribution in [0.15, 0.2) is 57.2 Å². The molecule has 34 heavy (non-hydrogen) atoms. The van der Waals surface area contributed by atoms with Crippen molar-refractivity contribution in [2.24, 2.45) is 5.92 Å². The van der Waals surface area contributed by atoms with E-state index in [4.69, 9.17) is 11.6 Å². The predicted octanol–water partition coefficient (Wildman–Crippen LogP) is 5.49. The van der Waals surface area contributed by atoms with Crippen LogP contribution in [0.25, 0.3) is 0 Å². The minimum absolute atomic E-state index is 0.130. The maximum absolute atomic E-state index is 14.3. The summed E-state index contributed by atoms with van der Waals surface area (Å²) in [4.78, 5) is 11.2. The molecular formula is C22H23ClF4N2O3S2. The summed E-state index contributed by atoms with van der Waals surface area (Å²) in [6.07, 6.45) is -3.98. The van der Waals surface area contributed by atoms with Crippen molar-refractivity contribution in [1.29, 1.82) is 0 Å². The maximum Gasteiger partial charge on any atom is 0.471 e. The molecule has 12 heteroatoms. The molecule has 0 radical (unpaired) electrons. The Bertz CT molecular complexity index is 1160. The number of amides is 1. The number of halogens is 5. The van der Waals surface area contributed by atoms with Crippen molar-refractivity contribution in [2.75, 3.05) is 13.1 Å². The summed E-state index contributed by atoms with van der Waals surface area (Å²) in [5.41, 5.74) is -1.07. The number of carbonyl (C=O) groups is 1. The van der Waals surface area contributed by atoms with Crippen molar-refractivity contribution >= 4 is 39.3 Å². The third kappa shape index (κ3) is 6.05. The second-order valence-electron chi connectivity index (χ2n) is 8.49. The molecule has 2 aromatic rings. The minimum Gasteiger partial charge on any atom is -0.343 e. The monoisotopic (exact) mass is 538 g/mol. The summed E-state index contributed by atoms with van der Waals surface area (Å²) in [6, 6.07) is 9.42. The normalized spacial score (nSPS) is 16.4. The number of carbonyl (C=O) groups excluding carboxylic acids is 1. The van der Waals surface area contributed by atoms with Crippen molar-refractivity contribution in [2.45, 2.75) is 53.1 Å². The van der Waals surface area contributed by atoms with Gasteiger partial charge in [-0.2, -0.15) is 13.2 Å². The molecule has 3 rings (SSSR count). The van der Waals surface area contributed by atoms with Crippen LogP contribution in [0.1, 0.15) is 26.7 Å². The lowest BCUT2D eigenvalue weighted by Crippen LogP contribution is -2.55. The Hall–Kier alpha value is -1.82. The van der Waals surface area contributed by atoms with Crippen LogP contribution in [-0.4, -0.2) is 43.4 Å². The number of alkyl halides is 3. The topological polar surface area (TPSA) is 66.5 Å². The van der Waals surface area contributed by atoms with Gasteiger partial charge in [0.15, 0.2) is 0 Å². The molecule has 1 aliphatic heterocycles. The maximum atomic E-state index is 14.3. The second kappa shape index (κ2) is 10.0. The second-order valence-corrected chi connectivity index (χ2v) is 12.0. The Kier molecular flexibility index (Phi) is 7.91. The molecule has 0 aromatic heterocycles. The number of sulfone groups is 1. The van der Waals surface area contributed by atoms with Gasteiger partial charge in [-0.1, -0.05) is 23.7 Å². The average molecular weight is 539 g/mol. The first-order chi connectivity index (χ1) is 15.7. The molecule has 0 unspecified atom stereocenters. The Balaban J connectivity index is 1.75. The van der Waals surface area contributed by atoms with Gasteiger partial charge in [0.1, 0.15) is 10.7 Å². The van der Waals surface area contributed by atoms with Gasteiger partial charge in [0.25, 0.3) is 0 Å². The van der Waals surface area contributed by atoms with Crippen molar-refractivity contribution in [1.82, 2.24) is 9.62 Å². The summed E-state index contributed by atoms with van der Waals surface area (Å²) in [5, 5.41) is 2.25. The third-order valence-corrected chi connectivity index (χ3v) is 9.08. The molecule has 0 bridgehead atoms. The summed E-state index contributed by atoms with van der Waals surface area (Å²) in [5.74, 6) is -3.05. The summed E-state index contributed by atoms with van der Waals surface area (Å²) >= 11 is 7.20. The van der Waals surface area contributed by atoms with E-state index in [0.717, 1.165) is 18.0 Å². The van der Waals surface area contributed by atoms with Gasteiger partial charge in [-0.3, -0.25) is 4.79 Å². The van der Waals surface area contributed by atoms with E-state index in [1.807, 2.05) is 4.31 Å². The first kappa shape index (κ1) is 26.8. The van der Waals surface area contributed by atoms with E-state index in [2.05, 4.69) is 5.32 Å². The molecule has 2 aromatic carbocycles. The van der Waals surface area contributed by atoms with Gasteiger partial charge in [0.05, 0.1) is 4.90 Å². The molecule has 0 saturated carbocycles. The van der Waals surface area contributed by atoms with E-state index >= 15 is 0 Å². The lowest BCUT2D eigenvalue weighted by atomic mass is 9.80. The quantitative estimate of drug-likeness (QED) is 0.389. The molecular weight excluding hydrogens is 516 g/mol. The molecule has 1 amide bonds. The smallest absolute Gasteiger partial charge is 0.343 e. The summed E-state index contributed by atoms with van der Waals surface area (Å²) in [6.45, 7) is 4.01. The first-order valence-electron chi connectivity index (χ1n) is 10.3. The van der Waals surface area contributed by atoms with Crippen LogP contribution in [0, 0.1) is 11.7 Å². The fraction of sp³-hybridized carbons (Fsp3) is 0.409. The van der Waals surface area contributed by atoms with Gasteiger partial charge < -0.3 is 5.32 Å². The molecule has 0 spiro atoms. The highest BCUT2D eigenvalue weighted by Crippen LogP contribution is 2.38. The zero-order valence-corrected chi connectivity index (χ0v) is 20.7. The van der Waals surface area contributed by atoms with Crippen molar-refractivity contribution < 1.29 is 30.8 Å². The molecule has 1 N–H and O–H groups in total. The molecule has 1 aliphatic rings. The lowest BCUT2D eigenvalue weighted by molar-refractivity contribution is -0.176. The zero-order chi connectivity index (χ0) is 25.3. The van der Waals surface area contributed by atoms with E-state index in [0.29, 0.717) is 30.8 Å². The Labute approximate surface area is 204 Å². The molecule has 1 fully saturated rings. The van der Waals surface area contributed by atoms with E-state index in [9.17, 15) is 30.8 Å². The van der Waals surface area contributed by atoms with Crippen LogP contribution in [0.2, 0.25) is 5.02 Å². The molecule has 0 atom stereocenters. The van der Waals surface area contributed by atoms with Crippen LogP contribution >= 0.6 is 23.5 Å². The zero-order valence-electron chi connectivity index (χ0n) is 18.3. The highest BCUT2D eigenvalue weighted by atomic mass is 35.5. The third-order valence-electron chi connectivity index (χ3n) is 5.72. The highest BCUT2D eigenvalue weighted by molar-refractivity contribution is 7.98. The largest absolute Gasteiger partial charge is 0.471 e. The van der Waals surface area contributed by atoms with Crippen LogP contribution < -0.4 is 5.32 Å². The Morgan fingerprint density at radius 2 is 1.71 bits per heavy atom. The van der Waals surface area contributed by atoms with Gasteiger partial charge in [0.2, 0.25) is 9.84 Å². The van der Waals surface area contributed by atoms with Gasteiger partial charge in [-0.05, 0) is 74.9 Å². The first-order valence-corrected chi connectivity index (χ1v) is 13.0. The van der Waals surface area contributed by atoms with E-state index in [1.165, 1.54) is 30.3 Å². The Morgan fingerprint density at radius 1 is 1.09 bits per heavy atom. The number of nitrogens with zero attached hydrogens (tertiary/aromatic N) is 1. The average Bonchev–Trinajstić information content (AvgIpc) is 2.74. The fourth-order valence-electron chi connectivity index (χ4n) is 3.82. The van der Waals surface area contributed by atoms with Gasteiger partial charge in [-0.15, -0.1) is 0 Å². The molecule has 0 aliphatic carbocycles. The van der Waals surface area contributed by atoms with E-state index in [1.54, 1.807) is 19.9 Å². The van der Waals surface area contributed by atoms with Crippen LogP contribution in [-0.2, 0) is 14.6 Å². The van der Waals surface area contributed by atoms with Gasteiger partial charge in [0, 0.05) is 28.5 Å². The van der Waals surface area contributed by atoms with Crippen LogP contribution in [0.5, 0.6) is 0 Å². The van der Waals surface area contributed by atoms with Gasteiger partial charge in [-0.25, -0.2) is 17.1 Å². The number of hydrogen-bond donors (Lipinski definition) is 1. The summed E-state index contributed by atoms with van der Waals surface area (Å²) in [7, 11) is -4.20. The standard InChI is InChI=1S/C22H23ClF4N2O3S2/c1-21(2,28-20(30)22(25,26)27)14-9-11-29(12-10-14)33-17-8-7-15(23)13-19(17)34(31,32)18-6-4-3-5-16(18)24/h3-8,13-14H,9-12H2,1-2H3,(H,28,30). The number of nitrogens with one attached hydrogen (secondary N) is 1. The van der Waals surface area contributed by atoms with Crippen molar-refractivity contribution in [3.05, 3.63) is 53.3 Å². The molecule has 1 saturated heterocycles. The van der Waals surface area contributed by atoms with E-state index in [-0.39, 0.29) is 15.8 Å². The van der Waals surface area contributed by atoms with Gasteiger partial charge >= 0.3 is 12.1 Å². The van der Waals surface area contributed by atoms with Crippen molar-refractivity contribution in [3.8, 4) is 0 Å². The van der Waals surface area contributed by atoms with Crippen LogP contribution in [0.4, 0.5) is 17.6 Å². The molecule has 1 heterocycles. The lowest BCUT2D eigenvalue weighted by Gasteiger charge is -2.40. The molecule has 186 valence electrons. The molecule has 5 nitrogen and oxygen atoms in total. The number of hydrogen-bond acceptors (Lipinski definition) is 5. The minimum atomic E-state index is -4.96. The fourth-order valence-corrected chi connectivity index (χ4v) is 6.88. The number of piperidine rings is 1. The number of benzene rings is 2. The Morgan fingerprint density at radius 3 is 2.29 bits per heavy atom. The van der Waals surface area contributed by atoms with Crippen LogP contribution in [0.3, 0.4) is 0 Å². The summed E-state index contributed by atoms with van der Waals surface area (Å²) < 4.78 is 80.5. The predicted molar refractivity (Wildman–Crippen MR) is 122 cm³/mol. The van der Waals surface area contributed by atoms with E-state index < -0.39 is 38.2 Å². The highest BCUT2D eigenvalue weighted by Gasteiger charge is 2.44. The number of rotatable bonds is 6.